The third kappa shape index (κ3) is 2.59. The van der Waals surface area contributed by atoms with E-state index in [2.05, 4.69) is 9.98 Å². The molecule has 0 saturated carbocycles. The number of hydrogen-bond donors (Lipinski definition) is 1. The van der Waals surface area contributed by atoms with E-state index in [4.69, 9.17) is 0 Å². The zero-order valence-electron chi connectivity index (χ0n) is 14.1. The largest absolute Gasteiger partial charge is 0.354 e. The topological polar surface area (TPSA) is 55.1 Å². The van der Waals surface area contributed by atoms with Crippen LogP contribution >= 0.6 is 0 Å². The maximum Gasteiger partial charge on any atom is 0.297 e. The van der Waals surface area contributed by atoms with Crippen molar-refractivity contribution < 1.29 is 0 Å². The van der Waals surface area contributed by atoms with Crippen LogP contribution in [0, 0.1) is 6.92 Å². The first-order valence-corrected chi connectivity index (χ1v) is 8.11. The molecule has 0 unspecified atom stereocenters. The van der Waals surface area contributed by atoms with Gasteiger partial charge in [0, 0.05) is 18.0 Å². The van der Waals surface area contributed by atoms with E-state index in [1.807, 2.05) is 79.3 Å². The van der Waals surface area contributed by atoms with Crippen molar-refractivity contribution in [3.63, 3.8) is 0 Å². The van der Waals surface area contributed by atoms with Crippen molar-refractivity contribution in [3.8, 4) is 5.69 Å². The van der Waals surface area contributed by atoms with Crippen molar-refractivity contribution in [2.24, 2.45) is 12.0 Å². The molecule has 0 aliphatic rings. The van der Waals surface area contributed by atoms with Gasteiger partial charge in [0.2, 0.25) is 0 Å². The van der Waals surface area contributed by atoms with Crippen molar-refractivity contribution in [2.45, 2.75) is 6.92 Å². The van der Waals surface area contributed by atoms with Gasteiger partial charge in [0.25, 0.3) is 5.56 Å². The molecule has 0 spiro atoms. The highest BCUT2D eigenvalue weighted by Gasteiger charge is 2.14. The fraction of sp³-hybridized carbons (Fsp3) is 0.100. The van der Waals surface area contributed by atoms with E-state index >= 15 is 0 Å². The van der Waals surface area contributed by atoms with Crippen molar-refractivity contribution in [2.75, 3.05) is 0 Å². The zero-order chi connectivity index (χ0) is 17.4. The first-order chi connectivity index (χ1) is 12.1. The van der Waals surface area contributed by atoms with Gasteiger partial charge in [0.05, 0.1) is 23.3 Å². The summed E-state index contributed by atoms with van der Waals surface area (Å²) < 4.78 is 3.46. The molecule has 0 amide bonds. The van der Waals surface area contributed by atoms with E-state index in [1.165, 1.54) is 0 Å². The number of benzene rings is 2. The molecule has 4 rings (SSSR count). The number of aromatic amines is 1. The van der Waals surface area contributed by atoms with Crippen LogP contribution in [0.4, 0.5) is 5.69 Å². The van der Waals surface area contributed by atoms with Crippen LogP contribution in [0.1, 0.15) is 11.4 Å². The fourth-order valence-electron chi connectivity index (χ4n) is 3.00. The third-order valence-electron chi connectivity index (χ3n) is 4.41. The molecule has 25 heavy (non-hydrogen) atoms. The van der Waals surface area contributed by atoms with E-state index in [9.17, 15) is 4.79 Å². The summed E-state index contributed by atoms with van der Waals surface area (Å²) in [6.45, 7) is 1.90. The summed E-state index contributed by atoms with van der Waals surface area (Å²) in [7, 11) is 1.87. The van der Waals surface area contributed by atoms with E-state index in [-0.39, 0.29) is 5.56 Å². The van der Waals surface area contributed by atoms with Crippen LogP contribution in [-0.4, -0.2) is 20.6 Å². The molecule has 0 atom stereocenters. The van der Waals surface area contributed by atoms with Gasteiger partial charge in [0.15, 0.2) is 5.69 Å². The Morgan fingerprint density at radius 3 is 2.52 bits per heavy atom. The first kappa shape index (κ1) is 15.2. The van der Waals surface area contributed by atoms with Crippen LogP contribution in [0.15, 0.2) is 70.5 Å². The maximum atomic E-state index is 12.8. The maximum absolute atomic E-state index is 12.8. The summed E-state index contributed by atoms with van der Waals surface area (Å²) in [6, 6.07) is 19.6. The quantitative estimate of drug-likeness (QED) is 0.572. The number of nitrogens with one attached hydrogen (secondary N) is 1. The van der Waals surface area contributed by atoms with Gasteiger partial charge in [-0.1, -0.05) is 36.4 Å². The zero-order valence-corrected chi connectivity index (χ0v) is 14.1. The Bertz CT molecular complexity index is 1100. The molecule has 5 nitrogen and oxygen atoms in total. The lowest BCUT2D eigenvalue weighted by atomic mass is 10.2. The average molecular weight is 330 g/mol. The third-order valence-corrected chi connectivity index (χ3v) is 4.41. The van der Waals surface area contributed by atoms with Crippen molar-refractivity contribution >= 4 is 22.8 Å². The van der Waals surface area contributed by atoms with Gasteiger partial charge in [0.1, 0.15) is 0 Å². The van der Waals surface area contributed by atoms with E-state index in [1.54, 1.807) is 10.9 Å². The van der Waals surface area contributed by atoms with E-state index < -0.39 is 0 Å². The summed E-state index contributed by atoms with van der Waals surface area (Å²) >= 11 is 0. The molecule has 2 heterocycles. The molecule has 4 aromatic rings. The summed E-state index contributed by atoms with van der Waals surface area (Å²) in [5, 5.41) is 1.12. The second-order valence-corrected chi connectivity index (χ2v) is 5.98. The van der Waals surface area contributed by atoms with Gasteiger partial charge in [-0.2, -0.15) is 0 Å². The number of nitrogens with zero attached hydrogens (tertiary/aromatic N) is 3. The average Bonchev–Trinajstić information content (AvgIpc) is 3.13. The molecule has 1 N–H and O–H groups in total. The van der Waals surface area contributed by atoms with Gasteiger partial charge < -0.3 is 4.98 Å². The number of para-hydroxylation sites is 2. The molecule has 2 aromatic heterocycles. The van der Waals surface area contributed by atoms with Crippen LogP contribution in [0.5, 0.6) is 0 Å². The highest BCUT2D eigenvalue weighted by Crippen LogP contribution is 2.18. The van der Waals surface area contributed by atoms with Crippen LogP contribution in [0.3, 0.4) is 0 Å². The highest BCUT2D eigenvalue weighted by molar-refractivity contribution is 5.90. The van der Waals surface area contributed by atoms with Crippen LogP contribution in [0.2, 0.25) is 0 Å². The van der Waals surface area contributed by atoms with Gasteiger partial charge >= 0.3 is 0 Å². The lowest BCUT2D eigenvalue weighted by Crippen LogP contribution is -2.19. The highest BCUT2D eigenvalue weighted by atomic mass is 16.1. The van der Waals surface area contributed by atoms with Gasteiger partial charge in [-0.25, -0.2) is 9.67 Å². The van der Waals surface area contributed by atoms with Crippen LogP contribution < -0.4 is 5.56 Å². The van der Waals surface area contributed by atoms with Crippen molar-refractivity contribution in [3.05, 3.63) is 82.4 Å². The van der Waals surface area contributed by atoms with Gasteiger partial charge in [-0.15, -0.1) is 0 Å². The van der Waals surface area contributed by atoms with Gasteiger partial charge in [-0.3, -0.25) is 9.48 Å². The minimum atomic E-state index is -0.126. The smallest absolute Gasteiger partial charge is 0.297 e. The van der Waals surface area contributed by atoms with Crippen molar-refractivity contribution in [1.82, 2.24) is 14.3 Å². The van der Waals surface area contributed by atoms with Gasteiger partial charge in [-0.05, 0) is 31.2 Å². The number of aliphatic imine (C=N–C) groups is 1. The predicted octanol–water partition coefficient (Wildman–Crippen LogP) is 3.72. The second-order valence-electron chi connectivity index (χ2n) is 5.98. The van der Waals surface area contributed by atoms with Crippen LogP contribution in [-0.2, 0) is 7.05 Å². The molecule has 0 aliphatic heterocycles. The Morgan fingerprint density at radius 1 is 1.04 bits per heavy atom. The number of hydrogen-bond acceptors (Lipinski definition) is 2. The SMILES string of the molecule is Cc1c(N=Cc2cc3ccccc3[nH]2)c(=O)n(-c2ccccc2)n1C. The Hall–Kier alpha value is -3.34. The van der Waals surface area contributed by atoms with E-state index in [0.29, 0.717) is 5.69 Å². The Balaban J connectivity index is 1.77. The fourth-order valence-corrected chi connectivity index (χ4v) is 3.00. The predicted molar refractivity (Wildman–Crippen MR) is 101 cm³/mol. The summed E-state index contributed by atoms with van der Waals surface area (Å²) in [6.07, 6.45) is 1.71. The monoisotopic (exact) mass is 330 g/mol. The second kappa shape index (κ2) is 5.94. The molecule has 0 aliphatic carbocycles. The molecule has 0 saturated heterocycles. The number of rotatable bonds is 3. The molecule has 0 bridgehead atoms. The number of fused-ring (bicyclic) bond motifs is 1. The number of aromatic nitrogens is 3. The van der Waals surface area contributed by atoms with Crippen LogP contribution in [0.25, 0.3) is 16.6 Å². The minimum absolute atomic E-state index is 0.126. The molecule has 0 radical (unpaired) electrons. The molecular weight excluding hydrogens is 312 g/mol. The molecule has 5 heteroatoms. The molecule has 2 aromatic carbocycles. The lowest BCUT2D eigenvalue weighted by Gasteiger charge is -2.07. The first-order valence-electron chi connectivity index (χ1n) is 8.11. The summed E-state index contributed by atoms with van der Waals surface area (Å²) in [5.41, 5.74) is 3.89. The normalized spacial score (nSPS) is 11.6. The van der Waals surface area contributed by atoms with Crippen molar-refractivity contribution in [1.29, 1.82) is 0 Å². The molecule has 124 valence electrons. The molecule has 0 fully saturated rings. The molecular formula is C20H18N4O. The standard InChI is InChI=1S/C20H18N4O/c1-14-19(20(25)24(23(14)2)17-9-4-3-5-10-17)21-13-16-12-15-8-6-7-11-18(15)22-16/h3-13,22H,1-2H3. The Kier molecular flexibility index (Phi) is 3.61. The minimum Gasteiger partial charge on any atom is -0.354 e. The van der Waals surface area contributed by atoms with E-state index in [0.717, 1.165) is 28.0 Å². The summed E-state index contributed by atoms with van der Waals surface area (Å²) in [4.78, 5) is 20.6. The summed E-state index contributed by atoms with van der Waals surface area (Å²) in [5.74, 6) is 0. The number of H-pyrrole nitrogens is 1. The Morgan fingerprint density at radius 2 is 1.76 bits per heavy atom. The lowest BCUT2D eigenvalue weighted by molar-refractivity contribution is 0.630. The Labute approximate surface area is 144 Å².